The van der Waals surface area contributed by atoms with Crippen LogP contribution < -0.4 is 4.74 Å². The number of fused-ring (bicyclic) bond motifs is 1. The van der Waals surface area contributed by atoms with Gasteiger partial charge in [-0.2, -0.15) is 4.31 Å². The first-order valence-electron chi connectivity index (χ1n) is 8.35. The van der Waals surface area contributed by atoms with Crippen LogP contribution in [-0.2, 0) is 23.0 Å². The third-order valence-corrected chi connectivity index (χ3v) is 8.39. The van der Waals surface area contributed by atoms with E-state index in [1.807, 2.05) is 6.07 Å². The van der Waals surface area contributed by atoms with Gasteiger partial charge in [-0.3, -0.25) is 4.90 Å². The predicted octanol–water partition coefficient (Wildman–Crippen LogP) is 3.50. The normalized spacial score (nSPS) is 18.7. The molecule has 2 aromatic rings. The molecule has 0 amide bonds. The first-order chi connectivity index (χ1) is 12.4. The molecule has 0 N–H and O–H groups in total. The lowest BCUT2D eigenvalue weighted by atomic mass is 10.1. The van der Waals surface area contributed by atoms with Gasteiger partial charge in [0, 0.05) is 39.1 Å². The molecule has 0 saturated carbocycles. The van der Waals surface area contributed by atoms with Gasteiger partial charge in [-0.1, -0.05) is 35.3 Å². The summed E-state index contributed by atoms with van der Waals surface area (Å²) in [5.74, 6) is 0.982. The van der Waals surface area contributed by atoms with Crippen molar-refractivity contribution < 1.29 is 13.2 Å². The lowest BCUT2D eigenvalue weighted by molar-refractivity contribution is 0.181. The van der Waals surface area contributed by atoms with E-state index in [-0.39, 0.29) is 9.23 Å². The van der Waals surface area contributed by atoms with E-state index in [2.05, 4.69) is 17.0 Å². The van der Waals surface area contributed by atoms with Gasteiger partial charge in [0.05, 0.1) is 10.9 Å². The second-order valence-corrected chi connectivity index (χ2v) is 10.6. The van der Waals surface area contributed by atoms with Crippen LogP contribution in [0, 0.1) is 0 Å². The summed E-state index contributed by atoms with van der Waals surface area (Å²) in [6, 6.07) is 7.74. The maximum Gasteiger partial charge on any atom is 0.245 e. The largest absolute Gasteiger partial charge is 0.493 e. The van der Waals surface area contributed by atoms with E-state index in [0.717, 1.165) is 36.7 Å². The molecule has 1 saturated heterocycles. The van der Waals surface area contributed by atoms with Crippen LogP contribution in [0.3, 0.4) is 0 Å². The molecular formula is C17H18Cl2N2O3S2. The summed E-state index contributed by atoms with van der Waals surface area (Å²) in [4.78, 5) is 2.38. The van der Waals surface area contributed by atoms with Gasteiger partial charge in [-0.15, -0.1) is 11.3 Å². The number of thiophene rings is 1. The second-order valence-electron chi connectivity index (χ2n) is 6.41. The first kappa shape index (κ1) is 18.5. The minimum Gasteiger partial charge on any atom is -0.493 e. The highest BCUT2D eigenvalue weighted by Gasteiger charge is 2.31. The zero-order valence-corrected chi connectivity index (χ0v) is 17.1. The number of sulfonamides is 1. The lowest BCUT2D eigenvalue weighted by Gasteiger charge is -2.33. The highest BCUT2D eigenvalue weighted by atomic mass is 35.5. The van der Waals surface area contributed by atoms with Crippen LogP contribution in [0.15, 0.2) is 29.2 Å². The fourth-order valence-corrected chi connectivity index (χ4v) is 6.90. The summed E-state index contributed by atoms with van der Waals surface area (Å²) in [5, 5.41) is 0. The van der Waals surface area contributed by atoms with Crippen LogP contribution >= 0.6 is 34.5 Å². The molecule has 0 aliphatic carbocycles. The monoisotopic (exact) mass is 432 g/mol. The Kier molecular flexibility index (Phi) is 5.20. The summed E-state index contributed by atoms with van der Waals surface area (Å²) in [7, 11) is -3.59. The molecule has 0 atom stereocenters. The van der Waals surface area contributed by atoms with Crippen molar-refractivity contribution in [3.05, 3.63) is 44.1 Å². The molecule has 2 aliphatic rings. The topological polar surface area (TPSA) is 49.9 Å². The molecule has 4 rings (SSSR count). The van der Waals surface area contributed by atoms with Gasteiger partial charge in [-0.05, 0) is 23.3 Å². The van der Waals surface area contributed by atoms with Crippen LogP contribution in [-0.4, -0.2) is 50.4 Å². The van der Waals surface area contributed by atoms with E-state index >= 15 is 0 Å². The fourth-order valence-electron chi connectivity index (χ4n) is 3.36. The summed E-state index contributed by atoms with van der Waals surface area (Å²) in [5.41, 5.74) is 2.49. The zero-order valence-electron chi connectivity index (χ0n) is 14.0. The average Bonchev–Trinajstić information content (AvgIpc) is 3.21. The molecule has 1 aromatic carbocycles. The van der Waals surface area contributed by atoms with Crippen molar-refractivity contribution in [3.63, 3.8) is 0 Å². The van der Waals surface area contributed by atoms with E-state index in [9.17, 15) is 8.42 Å². The quantitative estimate of drug-likeness (QED) is 0.741. The number of piperazine rings is 1. The number of hydrogen-bond acceptors (Lipinski definition) is 5. The Morgan fingerprint density at radius 2 is 1.88 bits per heavy atom. The summed E-state index contributed by atoms with van der Waals surface area (Å²) in [6.45, 7) is 3.82. The molecule has 1 fully saturated rings. The lowest BCUT2D eigenvalue weighted by Crippen LogP contribution is -2.48. The van der Waals surface area contributed by atoms with Crippen molar-refractivity contribution in [2.24, 2.45) is 0 Å². The van der Waals surface area contributed by atoms with Crippen molar-refractivity contribution in [1.82, 2.24) is 9.21 Å². The molecule has 1 aromatic heterocycles. The molecule has 9 heteroatoms. The van der Waals surface area contributed by atoms with Gasteiger partial charge in [0.25, 0.3) is 0 Å². The molecule has 0 radical (unpaired) electrons. The van der Waals surface area contributed by atoms with Crippen LogP contribution in [0.5, 0.6) is 5.75 Å². The van der Waals surface area contributed by atoms with E-state index in [1.165, 1.54) is 21.5 Å². The van der Waals surface area contributed by atoms with Gasteiger partial charge in [0.15, 0.2) is 0 Å². The van der Waals surface area contributed by atoms with Crippen LogP contribution in [0.1, 0.15) is 11.1 Å². The Labute approximate surface area is 167 Å². The van der Waals surface area contributed by atoms with Crippen LogP contribution in [0.25, 0.3) is 0 Å². The van der Waals surface area contributed by atoms with Crippen molar-refractivity contribution in [3.8, 4) is 5.75 Å². The molecule has 0 bridgehead atoms. The molecular weight excluding hydrogens is 415 g/mol. The van der Waals surface area contributed by atoms with Crippen molar-refractivity contribution >= 4 is 44.6 Å². The minimum atomic E-state index is -3.59. The molecule has 3 heterocycles. The smallest absolute Gasteiger partial charge is 0.245 e. The summed E-state index contributed by atoms with van der Waals surface area (Å²) < 4.78 is 33.2. The fraction of sp³-hybridized carbons (Fsp3) is 0.412. The van der Waals surface area contributed by atoms with Gasteiger partial charge in [0.2, 0.25) is 10.0 Å². The highest BCUT2D eigenvalue weighted by molar-refractivity contribution is 7.89. The standard InChI is InChI=1S/C17H18Cl2N2O3S2/c18-16-10-15(17(19)25-16)26(22,23)21-6-4-20(5-7-21)11-12-1-2-14-13(9-12)3-8-24-14/h1-2,9-10H,3-8,11H2. The maximum absolute atomic E-state index is 12.8. The molecule has 5 nitrogen and oxygen atoms in total. The van der Waals surface area contributed by atoms with Gasteiger partial charge in [-0.25, -0.2) is 8.42 Å². The van der Waals surface area contributed by atoms with E-state index in [1.54, 1.807) is 0 Å². The van der Waals surface area contributed by atoms with Crippen molar-refractivity contribution in [2.45, 2.75) is 17.9 Å². The van der Waals surface area contributed by atoms with Crippen molar-refractivity contribution in [2.75, 3.05) is 32.8 Å². The molecule has 26 heavy (non-hydrogen) atoms. The first-order valence-corrected chi connectivity index (χ1v) is 11.4. The Morgan fingerprint density at radius 1 is 1.12 bits per heavy atom. The predicted molar refractivity (Wildman–Crippen MR) is 104 cm³/mol. The van der Waals surface area contributed by atoms with Gasteiger partial charge < -0.3 is 4.74 Å². The number of hydrogen-bond donors (Lipinski definition) is 0. The van der Waals surface area contributed by atoms with E-state index < -0.39 is 10.0 Å². The van der Waals surface area contributed by atoms with Crippen molar-refractivity contribution in [1.29, 1.82) is 0 Å². The van der Waals surface area contributed by atoms with Gasteiger partial charge in [0.1, 0.15) is 15.0 Å². The molecule has 2 aliphatic heterocycles. The van der Waals surface area contributed by atoms with Crippen LogP contribution in [0.2, 0.25) is 8.67 Å². The number of rotatable bonds is 4. The number of ether oxygens (including phenoxy) is 1. The Hall–Kier alpha value is -0.830. The second kappa shape index (κ2) is 7.30. The third-order valence-electron chi connectivity index (χ3n) is 4.73. The molecule has 0 unspecified atom stereocenters. The number of benzene rings is 1. The Balaban J connectivity index is 1.40. The minimum absolute atomic E-state index is 0.112. The maximum atomic E-state index is 12.8. The number of halogens is 2. The SMILES string of the molecule is O=S(=O)(c1cc(Cl)sc1Cl)N1CCN(Cc2ccc3c(c2)CCO3)CC1. The molecule has 140 valence electrons. The molecule has 0 spiro atoms. The van der Waals surface area contributed by atoms with E-state index in [0.29, 0.717) is 30.5 Å². The zero-order chi connectivity index (χ0) is 18.3. The van der Waals surface area contributed by atoms with Crippen LogP contribution in [0.4, 0.5) is 0 Å². The van der Waals surface area contributed by atoms with Gasteiger partial charge >= 0.3 is 0 Å². The third kappa shape index (κ3) is 3.61. The number of nitrogens with zero attached hydrogens (tertiary/aromatic N) is 2. The Morgan fingerprint density at radius 3 is 2.58 bits per heavy atom. The Bertz CT molecular complexity index is 922. The summed E-state index contributed by atoms with van der Waals surface area (Å²) in [6.07, 6.45) is 0.957. The summed E-state index contributed by atoms with van der Waals surface area (Å²) >= 11 is 13.0. The highest BCUT2D eigenvalue weighted by Crippen LogP contribution is 2.36. The average molecular weight is 433 g/mol. The van der Waals surface area contributed by atoms with E-state index in [4.69, 9.17) is 27.9 Å².